The van der Waals surface area contributed by atoms with E-state index >= 15 is 0 Å². The number of nitrogens with one attached hydrogen (secondary N) is 1. The van der Waals surface area contributed by atoms with Crippen molar-refractivity contribution in [1.82, 2.24) is 5.32 Å². The van der Waals surface area contributed by atoms with Gasteiger partial charge in [0.2, 0.25) is 0 Å². The van der Waals surface area contributed by atoms with Gasteiger partial charge in [-0.15, -0.1) is 0 Å². The monoisotopic (exact) mass is 370 g/mol. The summed E-state index contributed by atoms with van der Waals surface area (Å²) in [6, 6.07) is 8.81. The third-order valence-corrected chi connectivity index (χ3v) is 5.51. The highest BCUT2D eigenvalue weighted by molar-refractivity contribution is 14.1. The van der Waals surface area contributed by atoms with Crippen molar-refractivity contribution in [1.29, 1.82) is 0 Å². The minimum atomic E-state index is 0.383. The van der Waals surface area contributed by atoms with Gasteiger partial charge in [-0.3, -0.25) is 0 Å². The molecule has 104 valence electrons. The molecule has 1 saturated heterocycles. The molecule has 0 bridgehead atoms. The van der Waals surface area contributed by atoms with Crippen molar-refractivity contribution in [3.05, 3.63) is 27.8 Å². The van der Waals surface area contributed by atoms with Gasteiger partial charge in [0.1, 0.15) is 0 Å². The lowest BCUT2D eigenvalue weighted by Gasteiger charge is -2.40. The summed E-state index contributed by atoms with van der Waals surface area (Å²) in [5.74, 6) is 0. The summed E-state index contributed by atoms with van der Waals surface area (Å²) in [5, 5.41) is 3.87. The van der Waals surface area contributed by atoms with Crippen LogP contribution in [0.4, 0.5) is 5.69 Å². The van der Waals surface area contributed by atoms with E-state index in [1.807, 2.05) is 0 Å². The van der Waals surface area contributed by atoms with E-state index in [2.05, 4.69) is 57.1 Å². The Morgan fingerprint density at radius 2 is 1.84 bits per heavy atom. The van der Waals surface area contributed by atoms with Crippen molar-refractivity contribution < 1.29 is 0 Å². The third-order valence-electron chi connectivity index (χ3n) is 4.60. The van der Waals surface area contributed by atoms with E-state index in [0.717, 1.165) is 0 Å². The summed E-state index contributed by atoms with van der Waals surface area (Å²) in [6.07, 6.45) is 8.18. The fraction of sp³-hybridized carbons (Fsp3) is 0.625. The maximum absolute atomic E-state index is 3.87. The molecule has 1 saturated carbocycles. The van der Waals surface area contributed by atoms with Crippen molar-refractivity contribution in [2.45, 2.75) is 44.1 Å². The molecular weight excluding hydrogens is 347 g/mol. The molecule has 1 heterocycles. The van der Waals surface area contributed by atoms with Crippen LogP contribution >= 0.6 is 22.6 Å². The molecule has 1 aliphatic carbocycles. The second-order valence-corrected chi connectivity index (χ2v) is 7.16. The van der Waals surface area contributed by atoms with Gasteiger partial charge in [-0.1, -0.05) is 31.4 Å². The van der Waals surface area contributed by atoms with Gasteiger partial charge >= 0.3 is 0 Å². The fourth-order valence-electron chi connectivity index (χ4n) is 3.60. The molecular formula is C16H23IN2. The molecule has 0 aromatic heterocycles. The second kappa shape index (κ2) is 6.00. The van der Waals surface area contributed by atoms with Gasteiger partial charge in [0.25, 0.3) is 0 Å². The van der Waals surface area contributed by atoms with Crippen LogP contribution in [0.2, 0.25) is 0 Å². The lowest BCUT2D eigenvalue weighted by Crippen LogP contribution is -2.52. The van der Waals surface area contributed by atoms with Crippen molar-refractivity contribution in [2.75, 3.05) is 24.5 Å². The molecule has 0 amide bonds. The fourth-order valence-corrected chi connectivity index (χ4v) is 4.33. The van der Waals surface area contributed by atoms with Crippen LogP contribution in [0.15, 0.2) is 24.3 Å². The molecule has 1 aromatic carbocycles. The van der Waals surface area contributed by atoms with Crippen LogP contribution in [0.25, 0.3) is 0 Å². The topological polar surface area (TPSA) is 15.3 Å². The Balaban J connectivity index is 1.83. The lowest BCUT2D eigenvalue weighted by molar-refractivity contribution is 0.246. The molecule has 0 radical (unpaired) electrons. The number of anilines is 1. The Kier molecular flexibility index (Phi) is 4.32. The Morgan fingerprint density at radius 1 is 1.05 bits per heavy atom. The van der Waals surface area contributed by atoms with Gasteiger partial charge < -0.3 is 10.2 Å². The number of para-hydroxylation sites is 1. The van der Waals surface area contributed by atoms with E-state index < -0.39 is 0 Å². The van der Waals surface area contributed by atoms with Crippen LogP contribution in [0, 0.1) is 3.57 Å². The van der Waals surface area contributed by atoms with Crippen LogP contribution in [0.5, 0.6) is 0 Å². The molecule has 2 fully saturated rings. The van der Waals surface area contributed by atoms with Gasteiger partial charge in [-0.25, -0.2) is 0 Å². The van der Waals surface area contributed by atoms with E-state index in [4.69, 9.17) is 0 Å². The first kappa shape index (κ1) is 13.7. The first-order chi connectivity index (χ1) is 9.29. The number of hydrogen-bond donors (Lipinski definition) is 1. The van der Waals surface area contributed by atoms with E-state index in [0.29, 0.717) is 5.54 Å². The summed E-state index contributed by atoms with van der Waals surface area (Å²) in [7, 11) is 0. The van der Waals surface area contributed by atoms with E-state index in [1.54, 1.807) is 0 Å². The number of nitrogens with zero attached hydrogens (tertiary/aromatic N) is 1. The van der Waals surface area contributed by atoms with Crippen LogP contribution in [0.1, 0.15) is 38.5 Å². The molecule has 1 N–H and O–H groups in total. The summed E-state index contributed by atoms with van der Waals surface area (Å²) in [6.45, 7) is 3.56. The Morgan fingerprint density at radius 3 is 2.63 bits per heavy atom. The minimum Gasteiger partial charge on any atom is -0.369 e. The van der Waals surface area contributed by atoms with Crippen molar-refractivity contribution in [3.8, 4) is 0 Å². The maximum atomic E-state index is 3.87. The quantitative estimate of drug-likeness (QED) is 0.757. The standard InChI is InChI=1S/C16H23IN2/c17-14-7-2-3-8-15(14)19-12-6-11-18-16(13-19)9-4-1-5-10-16/h2-3,7-8,18H,1,4-6,9-13H2. The molecule has 2 nitrogen and oxygen atoms in total. The molecule has 19 heavy (non-hydrogen) atoms. The largest absolute Gasteiger partial charge is 0.369 e. The second-order valence-electron chi connectivity index (χ2n) is 5.99. The van der Waals surface area contributed by atoms with Crippen molar-refractivity contribution in [2.24, 2.45) is 0 Å². The van der Waals surface area contributed by atoms with Crippen molar-refractivity contribution in [3.63, 3.8) is 0 Å². The summed E-state index contributed by atoms with van der Waals surface area (Å²) in [5.41, 5.74) is 1.81. The molecule has 3 rings (SSSR count). The van der Waals surface area contributed by atoms with Crippen molar-refractivity contribution >= 4 is 28.3 Å². The molecule has 3 heteroatoms. The predicted molar refractivity (Wildman–Crippen MR) is 89.8 cm³/mol. The normalized spacial score (nSPS) is 23.3. The van der Waals surface area contributed by atoms with Gasteiger partial charge in [-0.05, 0) is 60.5 Å². The zero-order valence-electron chi connectivity index (χ0n) is 11.5. The SMILES string of the molecule is Ic1ccccc1N1CCCNC2(CCCCC2)C1. The van der Waals surface area contributed by atoms with Crippen LogP contribution in [-0.4, -0.2) is 25.2 Å². The minimum absolute atomic E-state index is 0.383. The predicted octanol–water partition coefficient (Wildman–Crippen LogP) is 3.79. The zero-order valence-corrected chi connectivity index (χ0v) is 13.7. The van der Waals surface area contributed by atoms with E-state index in [-0.39, 0.29) is 0 Å². The summed E-state index contributed by atoms with van der Waals surface area (Å²) >= 11 is 2.47. The van der Waals surface area contributed by atoms with Gasteiger partial charge in [0, 0.05) is 22.2 Å². The van der Waals surface area contributed by atoms with Gasteiger partial charge in [-0.2, -0.15) is 0 Å². The molecule has 2 aliphatic rings. The van der Waals surface area contributed by atoms with Crippen LogP contribution < -0.4 is 10.2 Å². The Hall–Kier alpha value is -0.290. The maximum Gasteiger partial charge on any atom is 0.0502 e. The number of hydrogen-bond acceptors (Lipinski definition) is 2. The van der Waals surface area contributed by atoms with Gasteiger partial charge in [0.05, 0.1) is 5.69 Å². The molecule has 0 atom stereocenters. The highest BCUT2D eigenvalue weighted by atomic mass is 127. The lowest BCUT2D eigenvalue weighted by atomic mass is 9.81. The first-order valence-corrected chi connectivity index (χ1v) is 8.62. The number of halogens is 1. The molecule has 0 unspecified atom stereocenters. The Bertz CT molecular complexity index is 427. The summed E-state index contributed by atoms with van der Waals surface area (Å²) in [4.78, 5) is 2.62. The van der Waals surface area contributed by atoms with Gasteiger partial charge in [0.15, 0.2) is 0 Å². The van der Waals surface area contributed by atoms with E-state index in [9.17, 15) is 0 Å². The smallest absolute Gasteiger partial charge is 0.0502 e. The highest BCUT2D eigenvalue weighted by Gasteiger charge is 2.35. The van der Waals surface area contributed by atoms with E-state index in [1.165, 1.54) is 67.4 Å². The molecule has 1 aromatic rings. The first-order valence-electron chi connectivity index (χ1n) is 7.54. The molecule has 1 aliphatic heterocycles. The molecule has 1 spiro atoms. The highest BCUT2D eigenvalue weighted by Crippen LogP contribution is 2.33. The average molecular weight is 370 g/mol. The zero-order chi connectivity index (χ0) is 13.1. The number of rotatable bonds is 1. The van der Waals surface area contributed by atoms with Crippen LogP contribution in [-0.2, 0) is 0 Å². The average Bonchev–Trinajstić information content (AvgIpc) is 2.63. The number of benzene rings is 1. The third kappa shape index (κ3) is 3.07. The summed E-state index contributed by atoms with van der Waals surface area (Å²) < 4.78 is 1.38. The Labute approximate surface area is 130 Å². The van der Waals surface area contributed by atoms with Crippen LogP contribution in [0.3, 0.4) is 0 Å².